The fraction of sp³-hybridized carbons (Fsp3) is 0.591. The van der Waals surface area contributed by atoms with Crippen molar-refractivity contribution < 1.29 is 9.59 Å². The first-order valence-corrected chi connectivity index (χ1v) is 12.2. The van der Waals surface area contributed by atoms with E-state index in [9.17, 15) is 9.59 Å². The smallest absolute Gasteiger partial charge is 0.245 e. The van der Waals surface area contributed by atoms with Gasteiger partial charge in [-0.15, -0.1) is 22.7 Å². The van der Waals surface area contributed by atoms with Crippen molar-refractivity contribution in [3.05, 3.63) is 21.2 Å². The van der Waals surface area contributed by atoms with Crippen molar-refractivity contribution in [1.29, 1.82) is 0 Å². The van der Waals surface area contributed by atoms with Crippen LogP contribution in [0.5, 0.6) is 0 Å². The van der Waals surface area contributed by atoms with Gasteiger partial charge in [-0.3, -0.25) is 9.59 Å². The third-order valence-corrected chi connectivity index (χ3v) is 8.72. The summed E-state index contributed by atoms with van der Waals surface area (Å²) in [7, 11) is 0. The molecule has 6 rings (SSSR count). The molecule has 0 saturated heterocycles. The largest absolute Gasteiger partial charge is 0.347 e. The molecule has 4 saturated carbocycles. The Morgan fingerprint density at radius 1 is 1.14 bits per heavy atom. The molecule has 2 N–H and O–H groups in total. The molecule has 4 fully saturated rings. The number of rotatable bonds is 5. The second kappa shape index (κ2) is 7.20. The summed E-state index contributed by atoms with van der Waals surface area (Å²) < 4.78 is 0. The number of aryl methyl sites for hydroxylation is 2. The SMILES string of the molecule is Cc1cc(-c2csc(NC(=O)CNC(=O)C34CC5CC(CC(C5)C3)C4)n2)c(C)s1. The molecule has 4 aliphatic carbocycles. The van der Waals surface area contributed by atoms with Crippen LogP contribution in [0.3, 0.4) is 0 Å². The first-order valence-electron chi connectivity index (χ1n) is 10.5. The number of thiophene rings is 1. The van der Waals surface area contributed by atoms with Crippen molar-refractivity contribution in [2.75, 3.05) is 11.9 Å². The highest BCUT2D eigenvalue weighted by molar-refractivity contribution is 7.14. The first kappa shape index (κ1) is 19.2. The summed E-state index contributed by atoms with van der Waals surface area (Å²) in [6, 6.07) is 2.13. The molecule has 4 bridgehead atoms. The minimum atomic E-state index is -0.211. The van der Waals surface area contributed by atoms with E-state index in [1.807, 2.05) is 5.38 Å². The monoisotopic (exact) mass is 429 g/mol. The molecule has 154 valence electrons. The van der Waals surface area contributed by atoms with Crippen LogP contribution in [-0.2, 0) is 9.59 Å². The summed E-state index contributed by atoms with van der Waals surface area (Å²) in [5.41, 5.74) is 1.81. The summed E-state index contributed by atoms with van der Waals surface area (Å²) in [4.78, 5) is 32.4. The number of thiazole rings is 1. The molecule has 2 aromatic rings. The maximum atomic E-state index is 13.0. The van der Waals surface area contributed by atoms with Gasteiger partial charge in [0.15, 0.2) is 5.13 Å². The Balaban J connectivity index is 1.18. The lowest BCUT2D eigenvalue weighted by Gasteiger charge is -2.55. The van der Waals surface area contributed by atoms with E-state index in [2.05, 4.69) is 35.5 Å². The number of nitrogens with zero attached hydrogens (tertiary/aromatic N) is 1. The normalized spacial score (nSPS) is 29.8. The zero-order valence-corrected chi connectivity index (χ0v) is 18.5. The number of amides is 2. The van der Waals surface area contributed by atoms with Gasteiger partial charge in [0.05, 0.1) is 12.2 Å². The number of carbonyl (C=O) groups excluding carboxylic acids is 2. The molecule has 5 nitrogen and oxygen atoms in total. The minimum absolute atomic E-state index is 0.0199. The summed E-state index contributed by atoms with van der Waals surface area (Å²) >= 11 is 3.17. The fourth-order valence-corrected chi connectivity index (χ4v) is 7.90. The molecule has 0 radical (unpaired) electrons. The Hall–Kier alpha value is -1.73. The summed E-state index contributed by atoms with van der Waals surface area (Å²) in [5, 5.41) is 8.33. The molecule has 0 aliphatic heterocycles. The molecule has 2 heterocycles. The number of hydrogen-bond acceptors (Lipinski definition) is 5. The highest BCUT2D eigenvalue weighted by Gasteiger charge is 2.54. The Morgan fingerprint density at radius 2 is 1.79 bits per heavy atom. The Morgan fingerprint density at radius 3 is 2.38 bits per heavy atom. The summed E-state index contributed by atoms with van der Waals surface area (Å²) in [5.74, 6) is 2.05. The fourth-order valence-electron chi connectivity index (χ4n) is 6.24. The summed E-state index contributed by atoms with van der Waals surface area (Å²) in [6.07, 6.45) is 6.97. The van der Waals surface area contributed by atoms with Gasteiger partial charge in [-0.05, 0) is 76.2 Å². The van der Waals surface area contributed by atoms with Crippen LogP contribution >= 0.6 is 22.7 Å². The molecular weight excluding hydrogens is 402 g/mol. The molecule has 2 aromatic heterocycles. The predicted octanol–water partition coefficient (Wildman–Crippen LogP) is 4.76. The number of anilines is 1. The third kappa shape index (κ3) is 3.63. The van der Waals surface area contributed by atoms with Gasteiger partial charge in [-0.1, -0.05) is 0 Å². The van der Waals surface area contributed by atoms with Crippen LogP contribution in [0.2, 0.25) is 0 Å². The molecule has 4 aliphatic rings. The maximum absolute atomic E-state index is 13.0. The molecule has 0 aromatic carbocycles. The van der Waals surface area contributed by atoms with E-state index in [-0.39, 0.29) is 23.8 Å². The number of hydrogen-bond donors (Lipinski definition) is 2. The highest BCUT2D eigenvalue weighted by atomic mass is 32.1. The molecule has 0 atom stereocenters. The third-order valence-electron chi connectivity index (χ3n) is 7.00. The van der Waals surface area contributed by atoms with Crippen molar-refractivity contribution in [3.8, 4) is 11.3 Å². The van der Waals surface area contributed by atoms with Crippen molar-refractivity contribution in [2.24, 2.45) is 23.2 Å². The summed E-state index contributed by atoms with van der Waals surface area (Å²) in [6.45, 7) is 4.19. The number of aromatic nitrogens is 1. The highest BCUT2D eigenvalue weighted by Crippen LogP contribution is 2.60. The molecule has 2 amide bonds. The van der Waals surface area contributed by atoms with Crippen LogP contribution in [0.15, 0.2) is 11.4 Å². The Kier molecular flexibility index (Phi) is 4.78. The predicted molar refractivity (Wildman–Crippen MR) is 117 cm³/mol. The standard InChI is InChI=1S/C22H27N3O2S2/c1-12-3-17(13(2)29-12)18-11-28-21(24-18)25-19(26)10-23-20(27)22-7-14-4-15(8-22)6-16(5-14)9-22/h3,11,14-16H,4-10H2,1-2H3,(H,23,27)(H,24,25,26). The number of carbonyl (C=O) groups is 2. The topological polar surface area (TPSA) is 71.1 Å². The first-order chi connectivity index (χ1) is 13.9. The van der Waals surface area contributed by atoms with Crippen LogP contribution in [0.4, 0.5) is 5.13 Å². The van der Waals surface area contributed by atoms with E-state index in [0.717, 1.165) is 48.3 Å². The van der Waals surface area contributed by atoms with Gasteiger partial charge in [0.1, 0.15) is 0 Å². The zero-order chi connectivity index (χ0) is 20.2. The Labute approximate surface area is 179 Å². The van der Waals surface area contributed by atoms with Crippen molar-refractivity contribution in [3.63, 3.8) is 0 Å². The van der Waals surface area contributed by atoms with E-state index in [0.29, 0.717) is 5.13 Å². The zero-order valence-electron chi connectivity index (χ0n) is 16.9. The molecule has 29 heavy (non-hydrogen) atoms. The lowest BCUT2D eigenvalue weighted by Crippen LogP contribution is -2.54. The van der Waals surface area contributed by atoms with Gasteiger partial charge < -0.3 is 10.6 Å². The Bertz CT molecular complexity index is 926. The van der Waals surface area contributed by atoms with E-state index in [1.54, 1.807) is 11.3 Å². The maximum Gasteiger partial charge on any atom is 0.245 e. The van der Waals surface area contributed by atoms with Gasteiger partial charge in [0.25, 0.3) is 0 Å². The van der Waals surface area contributed by atoms with E-state index in [4.69, 9.17) is 0 Å². The van der Waals surface area contributed by atoms with Gasteiger partial charge >= 0.3 is 0 Å². The molecular formula is C22H27N3O2S2. The lowest BCUT2D eigenvalue weighted by atomic mass is 9.49. The van der Waals surface area contributed by atoms with Crippen LogP contribution in [0.25, 0.3) is 11.3 Å². The second-order valence-electron chi connectivity index (χ2n) is 9.29. The van der Waals surface area contributed by atoms with Crippen molar-refractivity contribution >= 4 is 39.6 Å². The molecule has 0 unspecified atom stereocenters. The second-order valence-corrected chi connectivity index (χ2v) is 11.6. The van der Waals surface area contributed by atoms with Crippen LogP contribution in [-0.4, -0.2) is 23.3 Å². The van der Waals surface area contributed by atoms with Crippen LogP contribution in [0.1, 0.15) is 48.3 Å². The van der Waals surface area contributed by atoms with Crippen LogP contribution < -0.4 is 10.6 Å². The van der Waals surface area contributed by atoms with Gasteiger partial charge in [0, 0.05) is 26.1 Å². The quantitative estimate of drug-likeness (QED) is 0.720. The average Bonchev–Trinajstić information content (AvgIpc) is 3.24. The van der Waals surface area contributed by atoms with Crippen LogP contribution in [0, 0.1) is 37.0 Å². The molecule has 0 spiro atoms. The average molecular weight is 430 g/mol. The van der Waals surface area contributed by atoms with Crippen molar-refractivity contribution in [2.45, 2.75) is 52.4 Å². The van der Waals surface area contributed by atoms with E-state index >= 15 is 0 Å². The number of nitrogens with one attached hydrogen (secondary N) is 2. The van der Waals surface area contributed by atoms with Gasteiger partial charge in [-0.2, -0.15) is 0 Å². The minimum Gasteiger partial charge on any atom is -0.347 e. The van der Waals surface area contributed by atoms with Crippen molar-refractivity contribution in [1.82, 2.24) is 10.3 Å². The van der Waals surface area contributed by atoms with Gasteiger partial charge in [0.2, 0.25) is 11.8 Å². The lowest BCUT2D eigenvalue weighted by molar-refractivity contribution is -0.146. The van der Waals surface area contributed by atoms with Gasteiger partial charge in [-0.25, -0.2) is 4.98 Å². The van der Waals surface area contributed by atoms with E-state index < -0.39 is 0 Å². The van der Waals surface area contributed by atoms with E-state index in [1.165, 1.54) is 40.4 Å². The molecule has 7 heteroatoms.